The molecule has 0 aliphatic rings. The number of aryl methyl sites for hydroxylation is 1. The van der Waals surface area contributed by atoms with Crippen LogP contribution in [-0.2, 0) is 20.9 Å². The number of aromatic nitrogens is 1. The largest absolute Gasteiger partial charge is 0.465 e. The summed E-state index contributed by atoms with van der Waals surface area (Å²) < 4.78 is 5.06. The summed E-state index contributed by atoms with van der Waals surface area (Å²) in [7, 11) is 1.71. The van der Waals surface area contributed by atoms with Gasteiger partial charge in [0.1, 0.15) is 5.92 Å². The number of rotatable bonds is 5. The fourth-order valence-electron chi connectivity index (χ4n) is 2.04. The molecule has 6 heteroatoms. The van der Waals surface area contributed by atoms with Crippen molar-refractivity contribution in [3.63, 3.8) is 0 Å². The van der Waals surface area contributed by atoms with Crippen molar-refractivity contribution in [3.8, 4) is 0 Å². The Bertz CT molecular complexity index is 505. The number of thiazole rings is 1. The van der Waals surface area contributed by atoms with Crippen molar-refractivity contribution in [1.29, 1.82) is 0 Å². The first-order chi connectivity index (χ1) is 9.68. The molecular formula is C15H24N2O3S. The van der Waals surface area contributed by atoms with Crippen LogP contribution in [0.4, 0.5) is 0 Å². The van der Waals surface area contributed by atoms with Crippen molar-refractivity contribution >= 4 is 23.2 Å². The highest BCUT2D eigenvalue weighted by Crippen LogP contribution is 2.29. The number of esters is 1. The van der Waals surface area contributed by atoms with E-state index in [1.807, 2.05) is 27.7 Å². The number of nitrogens with zero attached hydrogens (tertiary/aromatic N) is 2. The predicted octanol–water partition coefficient (Wildman–Crippen LogP) is 2.64. The summed E-state index contributed by atoms with van der Waals surface area (Å²) in [4.78, 5) is 31.6. The number of carbonyl (C=O) groups excluding carboxylic acids is 2. The van der Waals surface area contributed by atoms with Crippen molar-refractivity contribution in [2.75, 3.05) is 13.7 Å². The Balaban J connectivity index is 2.90. The van der Waals surface area contributed by atoms with E-state index in [-0.39, 0.29) is 12.5 Å². The molecule has 1 unspecified atom stereocenters. The lowest BCUT2D eigenvalue weighted by molar-refractivity contribution is -0.160. The van der Waals surface area contributed by atoms with E-state index in [1.54, 1.807) is 24.4 Å². The molecule has 21 heavy (non-hydrogen) atoms. The molecule has 0 saturated heterocycles. The van der Waals surface area contributed by atoms with E-state index >= 15 is 0 Å². The minimum atomic E-state index is -0.796. The monoisotopic (exact) mass is 312 g/mol. The maximum atomic E-state index is 12.7. The summed E-state index contributed by atoms with van der Waals surface area (Å²) in [6, 6.07) is 0. The number of ether oxygens (including phenoxy) is 1. The molecule has 0 saturated carbocycles. The van der Waals surface area contributed by atoms with Gasteiger partial charge in [-0.25, -0.2) is 4.98 Å². The Morgan fingerprint density at radius 2 is 2.05 bits per heavy atom. The van der Waals surface area contributed by atoms with Crippen molar-refractivity contribution in [2.45, 2.75) is 41.2 Å². The van der Waals surface area contributed by atoms with E-state index in [2.05, 4.69) is 4.98 Å². The van der Waals surface area contributed by atoms with Gasteiger partial charge in [0.25, 0.3) is 0 Å². The standard InChI is InChI=1S/C15H24N2O3S/c1-7-20-14(19)12(15(3,4)5)13(18)17(6)8-11-10(2)16-9-21-11/h9,12H,7-8H2,1-6H3. The second-order valence-corrected chi connectivity index (χ2v) is 7.05. The third-order valence-corrected chi connectivity index (χ3v) is 4.16. The summed E-state index contributed by atoms with van der Waals surface area (Å²) in [5.74, 6) is -1.47. The van der Waals surface area contributed by atoms with Crippen LogP contribution in [0.1, 0.15) is 38.3 Å². The quantitative estimate of drug-likeness (QED) is 0.619. The van der Waals surface area contributed by atoms with Gasteiger partial charge in [0.05, 0.1) is 24.4 Å². The third kappa shape index (κ3) is 4.52. The maximum Gasteiger partial charge on any atom is 0.319 e. The average Bonchev–Trinajstić information content (AvgIpc) is 2.73. The van der Waals surface area contributed by atoms with Gasteiger partial charge < -0.3 is 9.64 Å². The molecule has 0 bridgehead atoms. The van der Waals surface area contributed by atoms with Crippen LogP contribution >= 0.6 is 11.3 Å². The topological polar surface area (TPSA) is 59.5 Å². The van der Waals surface area contributed by atoms with Gasteiger partial charge in [0.15, 0.2) is 0 Å². The zero-order valence-electron chi connectivity index (χ0n) is 13.6. The van der Waals surface area contributed by atoms with Crippen LogP contribution in [0, 0.1) is 18.3 Å². The van der Waals surface area contributed by atoms with Gasteiger partial charge in [-0.05, 0) is 19.3 Å². The third-order valence-electron chi connectivity index (χ3n) is 3.24. The van der Waals surface area contributed by atoms with Gasteiger partial charge in [-0.3, -0.25) is 9.59 Å². The minimum Gasteiger partial charge on any atom is -0.465 e. The fourth-order valence-corrected chi connectivity index (χ4v) is 2.87. The molecule has 1 rings (SSSR count). The number of amides is 1. The first-order valence-electron chi connectivity index (χ1n) is 6.99. The molecule has 0 N–H and O–H groups in total. The zero-order valence-corrected chi connectivity index (χ0v) is 14.4. The molecule has 1 aromatic heterocycles. The molecular weight excluding hydrogens is 288 g/mol. The van der Waals surface area contributed by atoms with Crippen molar-refractivity contribution in [2.24, 2.45) is 11.3 Å². The minimum absolute atomic E-state index is 0.214. The molecule has 118 valence electrons. The van der Waals surface area contributed by atoms with E-state index in [0.29, 0.717) is 6.54 Å². The Kier molecular flexibility index (Phi) is 5.89. The van der Waals surface area contributed by atoms with Gasteiger partial charge in [-0.2, -0.15) is 0 Å². The van der Waals surface area contributed by atoms with E-state index in [4.69, 9.17) is 4.74 Å². The zero-order chi connectivity index (χ0) is 16.2. The van der Waals surface area contributed by atoms with E-state index < -0.39 is 17.3 Å². The van der Waals surface area contributed by atoms with E-state index in [1.165, 1.54) is 11.3 Å². The first-order valence-corrected chi connectivity index (χ1v) is 7.87. The molecule has 0 aliphatic heterocycles. The lowest BCUT2D eigenvalue weighted by atomic mass is 9.80. The second-order valence-electron chi connectivity index (χ2n) is 6.11. The Labute approximate surface area is 130 Å². The van der Waals surface area contributed by atoms with Gasteiger partial charge in [0.2, 0.25) is 5.91 Å². The van der Waals surface area contributed by atoms with Gasteiger partial charge in [0, 0.05) is 11.9 Å². The van der Waals surface area contributed by atoms with Crippen LogP contribution in [0.5, 0.6) is 0 Å². The highest BCUT2D eigenvalue weighted by atomic mass is 32.1. The molecule has 5 nitrogen and oxygen atoms in total. The Morgan fingerprint density at radius 1 is 1.43 bits per heavy atom. The fraction of sp³-hybridized carbons (Fsp3) is 0.667. The van der Waals surface area contributed by atoms with Crippen molar-refractivity contribution in [3.05, 3.63) is 16.1 Å². The molecule has 0 spiro atoms. The lowest BCUT2D eigenvalue weighted by Crippen LogP contribution is -2.44. The average molecular weight is 312 g/mol. The van der Waals surface area contributed by atoms with Gasteiger partial charge >= 0.3 is 5.97 Å². The van der Waals surface area contributed by atoms with Crippen LogP contribution in [-0.4, -0.2) is 35.4 Å². The van der Waals surface area contributed by atoms with Crippen LogP contribution in [0.3, 0.4) is 0 Å². The summed E-state index contributed by atoms with van der Waals surface area (Å²) in [5, 5.41) is 0. The SMILES string of the molecule is CCOC(=O)C(C(=O)N(C)Cc1scnc1C)C(C)(C)C. The van der Waals surface area contributed by atoms with Crippen LogP contribution < -0.4 is 0 Å². The van der Waals surface area contributed by atoms with E-state index in [0.717, 1.165) is 10.6 Å². The lowest BCUT2D eigenvalue weighted by Gasteiger charge is -2.31. The molecule has 1 heterocycles. The summed E-state index contributed by atoms with van der Waals surface area (Å²) >= 11 is 1.51. The Morgan fingerprint density at radius 3 is 2.48 bits per heavy atom. The summed E-state index contributed by atoms with van der Waals surface area (Å²) in [6.45, 7) is 10.0. The predicted molar refractivity (Wildman–Crippen MR) is 82.9 cm³/mol. The molecule has 0 radical (unpaired) electrons. The van der Waals surface area contributed by atoms with E-state index in [9.17, 15) is 9.59 Å². The van der Waals surface area contributed by atoms with Gasteiger partial charge in [-0.1, -0.05) is 20.8 Å². The Hall–Kier alpha value is -1.43. The molecule has 1 amide bonds. The van der Waals surface area contributed by atoms with Crippen molar-refractivity contribution < 1.29 is 14.3 Å². The molecule has 0 fully saturated rings. The van der Waals surface area contributed by atoms with Crippen LogP contribution in [0.2, 0.25) is 0 Å². The number of carbonyl (C=O) groups is 2. The highest BCUT2D eigenvalue weighted by Gasteiger charge is 2.40. The van der Waals surface area contributed by atoms with Crippen molar-refractivity contribution in [1.82, 2.24) is 9.88 Å². The maximum absolute atomic E-state index is 12.7. The number of hydrogen-bond donors (Lipinski definition) is 0. The van der Waals surface area contributed by atoms with Crippen LogP contribution in [0.15, 0.2) is 5.51 Å². The molecule has 1 atom stereocenters. The molecule has 1 aromatic rings. The molecule has 0 aromatic carbocycles. The second kappa shape index (κ2) is 7.02. The van der Waals surface area contributed by atoms with Gasteiger partial charge in [-0.15, -0.1) is 11.3 Å². The smallest absolute Gasteiger partial charge is 0.319 e. The first kappa shape index (κ1) is 17.6. The normalized spacial score (nSPS) is 12.9. The van der Waals surface area contributed by atoms with Crippen LogP contribution in [0.25, 0.3) is 0 Å². The number of hydrogen-bond acceptors (Lipinski definition) is 5. The highest BCUT2D eigenvalue weighted by molar-refractivity contribution is 7.09. The summed E-state index contributed by atoms with van der Waals surface area (Å²) in [6.07, 6.45) is 0. The summed E-state index contributed by atoms with van der Waals surface area (Å²) in [5.41, 5.74) is 2.19. The molecule has 0 aliphatic carbocycles.